The van der Waals surface area contributed by atoms with Crippen molar-refractivity contribution in [2.75, 3.05) is 60.7 Å². The van der Waals surface area contributed by atoms with Gasteiger partial charge in [-0.2, -0.15) is 13.2 Å². The Morgan fingerprint density at radius 2 is 1.68 bits per heavy atom. The minimum atomic E-state index is -5.33. The summed E-state index contributed by atoms with van der Waals surface area (Å²) < 4.78 is 41.9. The molecule has 44 heavy (non-hydrogen) atoms. The normalized spacial score (nSPS) is 17.0. The molecule has 15 heteroatoms. The molecule has 12 nitrogen and oxygen atoms in total. The minimum Gasteiger partial charge on any atom is -0.372 e. The van der Waals surface area contributed by atoms with E-state index in [9.17, 15) is 32.3 Å². The number of piperazine rings is 1. The molecule has 0 saturated carbocycles. The summed E-state index contributed by atoms with van der Waals surface area (Å²) in [5.41, 5.74) is 0.0791. The van der Waals surface area contributed by atoms with Crippen molar-refractivity contribution >= 4 is 28.9 Å². The molecule has 1 aromatic heterocycles. The molecular weight excluding hydrogens is 583 g/mol. The lowest BCUT2D eigenvalue weighted by molar-refractivity contribution is -0.203. The third-order valence-electron chi connectivity index (χ3n) is 7.69. The maximum absolute atomic E-state index is 14.0. The molecule has 1 atom stereocenters. The number of allylic oxidation sites excluding steroid dienone is 1. The van der Waals surface area contributed by atoms with Crippen LogP contribution in [0.2, 0.25) is 0 Å². The number of ketones is 1. The fourth-order valence-electron chi connectivity index (χ4n) is 5.37. The number of nitrogens with one attached hydrogen (secondary N) is 1. The zero-order chi connectivity index (χ0) is 32.3. The van der Waals surface area contributed by atoms with Crippen molar-refractivity contribution in [1.82, 2.24) is 19.4 Å². The number of nitrogens with zero attached hydrogens (tertiary/aromatic N) is 6. The number of halogens is 3. The van der Waals surface area contributed by atoms with Gasteiger partial charge in [0.1, 0.15) is 0 Å². The van der Waals surface area contributed by atoms with Crippen LogP contribution in [-0.2, 0) is 23.2 Å². The monoisotopic (exact) mass is 621 g/mol. The lowest BCUT2D eigenvalue weighted by atomic mass is 10.1. The Labute approximate surface area is 252 Å². The lowest BCUT2D eigenvalue weighted by Gasteiger charge is -2.40. The molecule has 0 bridgehead atoms. The van der Waals surface area contributed by atoms with Crippen molar-refractivity contribution < 1.29 is 27.6 Å². The molecule has 3 heterocycles. The van der Waals surface area contributed by atoms with Gasteiger partial charge in [0.05, 0.1) is 6.54 Å². The molecule has 0 aliphatic carbocycles. The summed E-state index contributed by atoms with van der Waals surface area (Å²) in [6.45, 7) is 10.4. The van der Waals surface area contributed by atoms with Crippen LogP contribution < -0.4 is 31.4 Å². The summed E-state index contributed by atoms with van der Waals surface area (Å²) in [6, 6.07) is 6.82. The van der Waals surface area contributed by atoms with E-state index in [4.69, 9.17) is 4.84 Å². The molecule has 1 N–H and O–H groups in total. The molecule has 0 radical (unpaired) electrons. The maximum atomic E-state index is 14.0. The number of carbonyl (C=O) groups is 2. The van der Waals surface area contributed by atoms with Gasteiger partial charge in [0, 0.05) is 64.1 Å². The van der Waals surface area contributed by atoms with Crippen LogP contribution in [0.3, 0.4) is 0 Å². The van der Waals surface area contributed by atoms with Crippen LogP contribution in [0.5, 0.6) is 0 Å². The van der Waals surface area contributed by atoms with E-state index in [-0.39, 0.29) is 23.6 Å². The Morgan fingerprint density at radius 3 is 2.23 bits per heavy atom. The second-order valence-corrected chi connectivity index (χ2v) is 10.8. The number of hydroxylamine groups is 1. The second kappa shape index (κ2) is 13.3. The molecule has 1 saturated heterocycles. The minimum absolute atomic E-state index is 0.0538. The number of Topliss-reactive ketones (excluding diaryl/α,β-unsaturated/α-hetero) is 1. The smallest absolute Gasteiger partial charge is 0.372 e. The number of carbonyl (C=O) groups excluding carboxylic acids is 2. The number of anilines is 3. The zero-order valence-corrected chi connectivity index (χ0v) is 25.5. The molecule has 1 unspecified atom stereocenters. The number of aromatic nitrogens is 2. The molecule has 2 aliphatic rings. The molecule has 0 amide bonds. The molecule has 1 aromatic carbocycles. The van der Waals surface area contributed by atoms with Gasteiger partial charge in [-0.25, -0.2) is 9.59 Å². The maximum Gasteiger partial charge on any atom is 0.493 e. The van der Waals surface area contributed by atoms with E-state index in [1.807, 2.05) is 27.7 Å². The third-order valence-corrected chi connectivity index (χ3v) is 7.69. The fraction of sp³-hybridized carbons (Fsp3) is 0.517. The number of fused-ring (bicyclic) bond motifs is 1. The van der Waals surface area contributed by atoms with Gasteiger partial charge in [-0.1, -0.05) is 11.6 Å². The number of benzene rings is 1. The van der Waals surface area contributed by atoms with Gasteiger partial charge in [0.15, 0.2) is 23.6 Å². The van der Waals surface area contributed by atoms with Crippen LogP contribution >= 0.6 is 0 Å². The van der Waals surface area contributed by atoms with E-state index >= 15 is 0 Å². The number of hydrogen-bond donors (Lipinski definition) is 1. The van der Waals surface area contributed by atoms with E-state index in [2.05, 4.69) is 10.2 Å². The molecule has 240 valence electrons. The van der Waals surface area contributed by atoms with Crippen LogP contribution in [0, 0.1) is 0 Å². The summed E-state index contributed by atoms with van der Waals surface area (Å²) in [5, 5.41) is 3.85. The van der Waals surface area contributed by atoms with Crippen LogP contribution in [-0.4, -0.2) is 84.1 Å². The highest BCUT2D eigenvalue weighted by molar-refractivity contribution is 5.96. The van der Waals surface area contributed by atoms with E-state index < -0.39 is 42.0 Å². The average molecular weight is 622 g/mol. The SMILES string of the molecule is CCN(CC)c1ccc(C(=O)Cn2c(=O)c3c(n(C)c2=O)N(OC(=O)C(F)(F)F)C(N2CCNCC2)N3CC=C(C)C)cc1. The molecule has 0 spiro atoms. The third kappa shape index (κ3) is 6.53. The Bertz CT molecular complexity index is 1520. The summed E-state index contributed by atoms with van der Waals surface area (Å²) in [6.07, 6.45) is -4.72. The molecular formula is C29H38F3N7O5. The first-order valence-corrected chi connectivity index (χ1v) is 14.4. The van der Waals surface area contributed by atoms with Crippen molar-refractivity contribution in [1.29, 1.82) is 0 Å². The van der Waals surface area contributed by atoms with Crippen molar-refractivity contribution in [2.45, 2.75) is 46.7 Å². The van der Waals surface area contributed by atoms with Gasteiger partial charge in [-0.3, -0.25) is 23.6 Å². The number of alkyl halides is 3. The van der Waals surface area contributed by atoms with E-state index in [0.717, 1.165) is 33.5 Å². The predicted octanol–water partition coefficient (Wildman–Crippen LogP) is 2.08. The molecule has 4 rings (SSSR count). The number of rotatable bonds is 10. The fourth-order valence-corrected chi connectivity index (χ4v) is 5.37. The van der Waals surface area contributed by atoms with Crippen LogP contribution in [0.15, 0.2) is 45.5 Å². The largest absolute Gasteiger partial charge is 0.493 e. The summed E-state index contributed by atoms with van der Waals surface area (Å²) in [7, 11) is 1.26. The Kier molecular flexibility index (Phi) is 9.88. The van der Waals surface area contributed by atoms with E-state index in [0.29, 0.717) is 31.2 Å². The summed E-state index contributed by atoms with van der Waals surface area (Å²) in [5.74, 6) is -3.30. The van der Waals surface area contributed by atoms with E-state index in [1.54, 1.807) is 35.2 Å². The highest BCUT2D eigenvalue weighted by atomic mass is 19.4. The van der Waals surface area contributed by atoms with Gasteiger partial charge in [-0.15, -0.1) is 5.06 Å². The Morgan fingerprint density at radius 1 is 1.07 bits per heavy atom. The lowest BCUT2D eigenvalue weighted by Crippen LogP contribution is -2.61. The van der Waals surface area contributed by atoms with Gasteiger partial charge < -0.3 is 20.0 Å². The Balaban J connectivity index is 1.82. The van der Waals surface area contributed by atoms with Crippen LogP contribution in [0.1, 0.15) is 38.1 Å². The molecule has 2 aromatic rings. The first-order chi connectivity index (χ1) is 20.8. The molecule has 2 aliphatic heterocycles. The van der Waals surface area contributed by atoms with Gasteiger partial charge in [0.2, 0.25) is 0 Å². The summed E-state index contributed by atoms with van der Waals surface area (Å²) in [4.78, 5) is 63.3. The second-order valence-electron chi connectivity index (χ2n) is 10.8. The zero-order valence-electron chi connectivity index (χ0n) is 25.5. The van der Waals surface area contributed by atoms with Crippen LogP contribution in [0.25, 0.3) is 0 Å². The Hall–Kier alpha value is -4.11. The first-order valence-electron chi connectivity index (χ1n) is 14.4. The summed E-state index contributed by atoms with van der Waals surface area (Å²) >= 11 is 0. The topological polar surface area (TPSA) is 112 Å². The van der Waals surface area contributed by atoms with Crippen molar-refractivity contribution in [3.8, 4) is 0 Å². The standard InChI is InChI=1S/C29H38F3N7O5/c1-6-35(7-2)21-10-8-20(9-11-21)22(40)18-38-25(41)23-24(34(5)28(38)43)39(44-26(42)29(30,31)32)27(36-16-13-33-14-17-36)37(23)15-12-19(3)4/h8-12,27,33H,6-7,13-18H2,1-5H3. The van der Waals surface area contributed by atoms with Crippen molar-refractivity contribution in [3.05, 3.63) is 62.3 Å². The van der Waals surface area contributed by atoms with Gasteiger partial charge in [0.25, 0.3) is 5.56 Å². The molecule has 1 fully saturated rings. The van der Waals surface area contributed by atoms with E-state index in [1.165, 1.54) is 11.9 Å². The predicted molar refractivity (Wildman–Crippen MR) is 160 cm³/mol. The van der Waals surface area contributed by atoms with Crippen molar-refractivity contribution in [2.24, 2.45) is 7.05 Å². The van der Waals surface area contributed by atoms with Crippen molar-refractivity contribution in [3.63, 3.8) is 0 Å². The number of hydrogen-bond acceptors (Lipinski definition) is 10. The van der Waals surface area contributed by atoms with Gasteiger partial charge in [-0.05, 0) is 52.0 Å². The quantitative estimate of drug-likeness (QED) is 0.313. The van der Waals surface area contributed by atoms with Gasteiger partial charge >= 0.3 is 17.8 Å². The van der Waals surface area contributed by atoms with Crippen LogP contribution in [0.4, 0.5) is 30.4 Å². The highest BCUT2D eigenvalue weighted by Gasteiger charge is 2.50. The first kappa shape index (κ1) is 32.8. The highest BCUT2D eigenvalue weighted by Crippen LogP contribution is 2.38. The average Bonchev–Trinajstić information content (AvgIpc) is 3.31.